The quantitative estimate of drug-likeness (QED) is 0.523. The molecule has 0 bridgehead atoms. The van der Waals surface area contributed by atoms with Gasteiger partial charge in [-0.25, -0.2) is 0 Å². The average Bonchev–Trinajstić information content (AvgIpc) is 2.53. The fourth-order valence-electron chi connectivity index (χ4n) is 1.78. The summed E-state index contributed by atoms with van der Waals surface area (Å²) in [6.45, 7) is 16.5. The van der Waals surface area contributed by atoms with Gasteiger partial charge in [-0.1, -0.05) is 33.1 Å². The van der Waals surface area contributed by atoms with E-state index in [1.165, 1.54) is 58.0 Å². The largest absolute Gasteiger partial charge is 0.330 e. The lowest BCUT2D eigenvalue weighted by atomic mass is 10.1. The lowest BCUT2D eigenvalue weighted by molar-refractivity contribution is 0.277. The molecule has 1 fully saturated rings. The Morgan fingerprint density at radius 1 is 0.840 bits per heavy atom. The Bertz CT molecular complexity index is 197. The summed E-state index contributed by atoms with van der Waals surface area (Å²) in [4.78, 5) is 2.39. The van der Waals surface area contributed by atoms with Crippen LogP contribution in [0, 0.1) is 0 Å². The summed E-state index contributed by atoms with van der Waals surface area (Å²) in [6.07, 6.45) is 9.19. The number of nitrogens with one attached hydrogen (secondary N) is 1. The fourth-order valence-corrected chi connectivity index (χ4v) is 1.78. The molecule has 0 unspecified atom stereocenters. The Hall–Kier alpha value is -0.200. The predicted molar refractivity (Wildman–Crippen MR) is 116 cm³/mol. The van der Waals surface area contributed by atoms with E-state index < -0.39 is 0 Å². The van der Waals surface area contributed by atoms with Crippen molar-refractivity contribution < 1.29 is 0 Å². The first-order valence-corrected chi connectivity index (χ1v) is 10.3. The molecule has 25 heavy (non-hydrogen) atoms. The summed E-state index contributed by atoms with van der Waals surface area (Å²) < 4.78 is 0. The maximum absolute atomic E-state index is 5.35. The van der Waals surface area contributed by atoms with Crippen molar-refractivity contribution in [3.05, 3.63) is 0 Å². The van der Waals surface area contributed by atoms with E-state index in [9.17, 15) is 0 Å². The first-order chi connectivity index (χ1) is 11.7. The maximum Gasteiger partial charge on any atom is 0.00745 e. The number of piperidine rings is 1. The molecule has 1 heterocycles. The van der Waals surface area contributed by atoms with Crippen molar-refractivity contribution in [1.29, 1.82) is 0 Å². The Balaban J connectivity index is -0.000000264. The van der Waals surface area contributed by atoms with E-state index in [4.69, 9.17) is 17.2 Å². The first-order valence-electron chi connectivity index (χ1n) is 10.3. The summed E-state index contributed by atoms with van der Waals surface area (Å²) in [5.74, 6) is 0. The van der Waals surface area contributed by atoms with Crippen molar-refractivity contribution in [2.24, 2.45) is 17.2 Å². The van der Waals surface area contributed by atoms with E-state index >= 15 is 0 Å². The lowest BCUT2D eigenvalue weighted by Crippen LogP contribution is -2.26. The summed E-state index contributed by atoms with van der Waals surface area (Å²) in [6, 6.07) is 0. The Morgan fingerprint density at radius 2 is 1.32 bits per heavy atom. The number of unbranched alkanes of at least 4 members (excludes halogenated alkanes) is 2. The zero-order valence-electron chi connectivity index (χ0n) is 18.4. The van der Waals surface area contributed by atoms with Crippen molar-refractivity contribution in [3.63, 3.8) is 0 Å². The van der Waals surface area contributed by atoms with Crippen LogP contribution in [0.5, 0.6) is 0 Å². The van der Waals surface area contributed by atoms with Gasteiger partial charge >= 0.3 is 0 Å². The molecule has 0 atom stereocenters. The molecule has 5 heteroatoms. The average molecular weight is 362 g/mol. The van der Waals surface area contributed by atoms with Gasteiger partial charge in [0.2, 0.25) is 0 Å². The Kier molecular flexibility index (Phi) is 28.1. The lowest BCUT2D eigenvalue weighted by Gasteiger charge is -2.20. The third kappa shape index (κ3) is 51.6. The summed E-state index contributed by atoms with van der Waals surface area (Å²) >= 11 is 0. The summed E-state index contributed by atoms with van der Waals surface area (Å²) in [5.41, 5.74) is 15.7. The zero-order valence-corrected chi connectivity index (χ0v) is 18.4. The molecule has 0 radical (unpaired) electrons. The highest BCUT2D eigenvalue weighted by molar-refractivity contribution is 4.60. The highest BCUT2D eigenvalue weighted by atomic mass is 15.1. The fraction of sp³-hybridized carbons (Fsp3) is 1.00. The second kappa shape index (κ2) is 23.8. The number of nitrogens with zero attached hydrogens (tertiary/aromatic N) is 1. The molecule has 7 N–H and O–H groups in total. The number of rotatable bonds is 7. The standard InChI is InChI=1S/C6H16N2.C6H13N.2C4H11N/c1-2-3-5-8-6-4-7;1-7-5-3-2-4-6-7;1-4(2,3)5;1-2-3-4-5/h8H,2-7H2,1H3;2-6H2,1H3;5H2,1-3H3;2-5H2,1H3. The molecular formula is C20H51N5. The summed E-state index contributed by atoms with van der Waals surface area (Å²) in [7, 11) is 2.19. The molecule has 0 aromatic rings. The maximum atomic E-state index is 5.35. The molecule has 1 aliphatic heterocycles. The second-order valence-electron chi connectivity index (χ2n) is 7.76. The predicted octanol–water partition coefficient (Wildman–Crippen LogP) is 2.93. The Labute approximate surface area is 159 Å². The van der Waals surface area contributed by atoms with E-state index in [-0.39, 0.29) is 5.54 Å². The van der Waals surface area contributed by atoms with Gasteiger partial charge in [-0.2, -0.15) is 0 Å². The molecule has 1 rings (SSSR count). The molecule has 5 nitrogen and oxygen atoms in total. The number of nitrogens with two attached hydrogens (primary N) is 3. The van der Waals surface area contributed by atoms with E-state index in [0.29, 0.717) is 0 Å². The van der Waals surface area contributed by atoms with Crippen LogP contribution in [-0.2, 0) is 0 Å². The molecule has 0 aromatic carbocycles. The SMILES string of the molecule is CC(C)(C)N.CCCCN.CCCCNCCN.CN1CCCCC1. The third-order valence-corrected chi connectivity index (χ3v) is 3.17. The highest BCUT2D eigenvalue weighted by Crippen LogP contribution is 2.04. The molecule has 156 valence electrons. The van der Waals surface area contributed by atoms with Crippen LogP contribution in [-0.4, -0.2) is 56.8 Å². The van der Waals surface area contributed by atoms with Gasteiger partial charge in [-0.15, -0.1) is 0 Å². The molecule has 0 aromatic heterocycles. The van der Waals surface area contributed by atoms with Gasteiger partial charge in [-0.3, -0.25) is 0 Å². The van der Waals surface area contributed by atoms with Crippen LogP contribution in [0.3, 0.4) is 0 Å². The topological polar surface area (TPSA) is 93.3 Å². The van der Waals surface area contributed by atoms with Gasteiger partial charge in [-0.05, 0) is 79.7 Å². The Morgan fingerprint density at radius 3 is 1.56 bits per heavy atom. The van der Waals surface area contributed by atoms with E-state index in [2.05, 4.69) is 31.1 Å². The van der Waals surface area contributed by atoms with Crippen molar-refractivity contribution in [1.82, 2.24) is 10.2 Å². The van der Waals surface area contributed by atoms with Gasteiger partial charge in [0.25, 0.3) is 0 Å². The smallest absolute Gasteiger partial charge is 0.00745 e. The van der Waals surface area contributed by atoms with E-state index in [0.717, 1.165) is 26.2 Å². The molecule has 1 saturated heterocycles. The highest BCUT2D eigenvalue weighted by Gasteiger charge is 2.02. The molecule has 0 amide bonds. The van der Waals surface area contributed by atoms with E-state index in [1.807, 2.05) is 20.8 Å². The molecule has 1 aliphatic rings. The minimum atomic E-state index is 0. The zero-order chi connectivity index (χ0) is 20.0. The van der Waals surface area contributed by atoms with Crippen molar-refractivity contribution in [3.8, 4) is 0 Å². The minimum Gasteiger partial charge on any atom is -0.330 e. The minimum absolute atomic E-state index is 0. The van der Waals surface area contributed by atoms with Crippen molar-refractivity contribution in [2.75, 3.05) is 46.3 Å². The number of hydrogen-bond acceptors (Lipinski definition) is 5. The first kappa shape index (κ1) is 29.6. The van der Waals surface area contributed by atoms with Crippen LogP contribution >= 0.6 is 0 Å². The molecule has 0 aliphatic carbocycles. The van der Waals surface area contributed by atoms with Gasteiger partial charge in [0.1, 0.15) is 0 Å². The van der Waals surface area contributed by atoms with E-state index in [1.54, 1.807) is 0 Å². The van der Waals surface area contributed by atoms with Crippen LogP contribution in [0.15, 0.2) is 0 Å². The van der Waals surface area contributed by atoms with Crippen molar-refractivity contribution in [2.45, 2.75) is 85.1 Å². The molecule has 0 spiro atoms. The summed E-state index contributed by atoms with van der Waals surface area (Å²) in [5, 5.41) is 3.21. The second-order valence-corrected chi connectivity index (χ2v) is 7.76. The normalized spacial score (nSPS) is 14.3. The molecule has 0 saturated carbocycles. The molecular weight excluding hydrogens is 310 g/mol. The van der Waals surface area contributed by atoms with Gasteiger partial charge < -0.3 is 27.4 Å². The number of hydrogen-bond donors (Lipinski definition) is 4. The van der Waals surface area contributed by atoms with Crippen LogP contribution in [0.2, 0.25) is 0 Å². The third-order valence-electron chi connectivity index (χ3n) is 3.17. The van der Waals surface area contributed by atoms with Gasteiger partial charge in [0.05, 0.1) is 0 Å². The van der Waals surface area contributed by atoms with Crippen LogP contribution < -0.4 is 22.5 Å². The monoisotopic (exact) mass is 361 g/mol. The van der Waals surface area contributed by atoms with Crippen LogP contribution in [0.4, 0.5) is 0 Å². The number of likely N-dealkylation sites (tertiary alicyclic amines) is 1. The van der Waals surface area contributed by atoms with Crippen LogP contribution in [0.25, 0.3) is 0 Å². The van der Waals surface area contributed by atoms with Crippen molar-refractivity contribution >= 4 is 0 Å². The van der Waals surface area contributed by atoms with Gasteiger partial charge in [0.15, 0.2) is 0 Å². The van der Waals surface area contributed by atoms with Gasteiger partial charge in [0, 0.05) is 18.6 Å². The van der Waals surface area contributed by atoms with Crippen LogP contribution in [0.1, 0.15) is 79.6 Å².